The molecule has 1 aliphatic carbocycles. The molecule has 2 aliphatic rings. The van der Waals surface area contributed by atoms with Gasteiger partial charge in [0.15, 0.2) is 0 Å². The Hall–Kier alpha value is -1.26. The molecule has 1 heterocycles. The van der Waals surface area contributed by atoms with Crippen molar-refractivity contribution >= 4 is 12.0 Å². The van der Waals surface area contributed by atoms with E-state index >= 15 is 0 Å². The topological polar surface area (TPSA) is 69.6 Å². The summed E-state index contributed by atoms with van der Waals surface area (Å²) >= 11 is 0. The normalized spacial score (nSPS) is 24.9. The number of carboxylic acids is 1. The molecule has 0 aromatic rings. The molecule has 5 heteroatoms. The minimum absolute atomic E-state index is 0.0431. The van der Waals surface area contributed by atoms with Crippen molar-refractivity contribution in [1.29, 1.82) is 0 Å². The first-order valence-corrected chi connectivity index (χ1v) is 7.37. The maximum Gasteiger partial charge on any atom is 0.317 e. The molecule has 1 aliphatic heterocycles. The summed E-state index contributed by atoms with van der Waals surface area (Å²) in [5.74, 6) is 0.132. The third-order valence-corrected chi connectivity index (χ3v) is 4.28. The summed E-state index contributed by atoms with van der Waals surface area (Å²) in [5.41, 5.74) is 0. The van der Waals surface area contributed by atoms with Crippen molar-refractivity contribution in [2.24, 2.45) is 11.8 Å². The molecule has 1 saturated carbocycles. The van der Waals surface area contributed by atoms with Crippen LogP contribution in [0.3, 0.4) is 0 Å². The van der Waals surface area contributed by atoms with E-state index in [4.69, 9.17) is 5.11 Å². The van der Waals surface area contributed by atoms with E-state index in [1.54, 1.807) is 0 Å². The van der Waals surface area contributed by atoms with E-state index in [0.29, 0.717) is 11.8 Å². The van der Waals surface area contributed by atoms with Crippen molar-refractivity contribution in [1.82, 2.24) is 10.2 Å². The summed E-state index contributed by atoms with van der Waals surface area (Å²) in [4.78, 5) is 24.9. The molecule has 0 spiro atoms. The van der Waals surface area contributed by atoms with Gasteiger partial charge in [0.05, 0.1) is 6.42 Å². The number of hydrogen-bond acceptors (Lipinski definition) is 2. The standard InChI is InChI=1S/C14H24N2O3/c1-2-10-4-3-7-16(9-10)14(19)15-12(8-13(17)18)11-5-6-11/h10-12H,2-9H2,1H3,(H,15,19)(H,17,18). The Kier molecular flexibility index (Phi) is 4.66. The first-order chi connectivity index (χ1) is 9.10. The van der Waals surface area contributed by atoms with E-state index in [9.17, 15) is 9.59 Å². The number of likely N-dealkylation sites (tertiary alicyclic amines) is 1. The third kappa shape index (κ3) is 4.11. The van der Waals surface area contributed by atoms with Gasteiger partial charge < -0.3 is 15.3 Å². The third-order valence-electron chi connectivity index (χ3n) is 4.28. The van der Waals surface area contributed by atoms with Crippen LogP contribution in [0.2, 0.25) is 0 Å². The summed E-state index contributed by atoms with van der Waals surface area (Å²) in [5, 5.41) is 11.8. The van der Waals surface area contributed by atoms with Crippen molar-refractivity contribution in [3.63, 3.8) is 0 Å². The fourth-order valence-electron chi connectivity index (χ4n) is 2.85. The van der Waals surface area contributed by atoms with Gasteiger partial charge in [-0.3, -0.25) is 4.79 Å². The van der Waals surface area contributed by atoms with Gasteiger partial charge in [-0.25, -0.2) is 4.79 Å². The van der Waals surface area contributed by atoms with Crippen LogP contribution in [0.5, 0.6) is 0 Å². The lowest BCUT2D eigenvalue weighted by Gasteiger charge is -2.33. The number of aliphatic carboxylic acids is 1. The Morgan fingerprint density at radius 2 is 2.11 bits per heavy atom. The zero-order valence-electron chi connectivity index (χ0n) is 11.6. The van der Waals surface area contributed by atoms with Gasteiger partial charge in [-0.05, 0) is 37.5 Å². The van der Waals surface area contributed by atoms with Gasteiger partial charge in [-0.2, -0.15) is 0 Å². The molecule has 1 saturated heterocycles. The van der Waals surface area contributed by atoms with Crippen LogP contribution in [0.4, 0.5) is 4.79 Å². The average molecular weight is 268 g/mol. The molecule has 5 nitrogen and oxygen atoms in total. The molecule has 0 radical (unpaired) electrons. The van der Waals surface area contributed by atoms with E-state index in [-0.39, 0.29) is 18.5 Å². The highest BCUT2D eigenvalue weighted by Gasteiger charge is 2.35. The van der Waals surface area contributed by atoms with E-state index < -0.39 is 5.97 Å². The number of carboxylic acid groups (broad SMARTS) is 1. The number of hydrogen-bond donors (Lipinski definition) is 2. The SMILES string of the molecule is CCC1CCCN(C(=O)NC(CC(=O)O)C2CC2)C1. The maximum absolute atomic E-state index is 12.2. The molecule has 2 amide bonds. The highest BCUT2D eigenvalue weighted by molar-refractivity contribution is 5.76. The fourth-order valence-corrected chi connectivity index (χ4v) is 2.85. The van der Waals surface area contributed by atoms with E-state index in [1.807, 2.05) is 4.90 Å². The minimum atomic E-state index is -0.831. The zero-order chi connectivity index (χ0) is 13.8. The van der Waals surface area contributed by atoms with Crippen LogP contribution >= 0.6 is 0 Å². The molecule has 19 heavy (non-hydrogen) atoms. The van der Waals surface area contributed by atoms with Crippen molar-refractivity contribution in [3.05, 3.63) is 0 Å². The van der Waals surface area contributed by atoms with Crippen LogP contribution in [0.25, 0.3) is 0 Å². The molecule has 2 unspecified atom stereocenters. The van der Waals surface area contributed by atoms with Crippen LogP contribution in [0, 0.1) is 11.8 Å². The number of amides is 2. The quantitative estimate of drug-likeness (QED) is 0.802. The smallest absolute Gasteiger partial charge is 0.317 e. The predicted octanol–water partition coefficient (Wildman–Crippen LogP) is 2.07. The maximum atomic E-state index is 12.2. The average Bonchev–Trinajstić information content (AvgIpc) is 3.21. The molecule has 0 aromatic heterocycles. The zero-order valence-corrected chi connectivity index (χ0v) is 11.6. The van der Waals surface area contributed by atoms with Crippen molar-refractivity contribution in [2.75, 3.05) is 13.1 Å². The van der Waals surface area contributed by atoms with Gasteiger partial charge in [0, 0.05) is 19.1 Å². The van der Waals surface area contributed by atoms with Gasteiger partial charge in [0.1, 0.15) is 0 Å². The lowest BCUT2D eigenvalue weighted by molar-refractivity contribution is -0.137. The van der Waals surface area contributed by atoms with E-state index in [2.05, 4.69) is 12.2 Å². The number of nitrogens with one attached hydrogen (secondary N) is 1. The molecule has 2 atom stereocenters. The van der Waals surface area contributed by atoms with Crippen LogP contribution in [-0.4, -0.2) is 41.1 Å². The van der Waals surface area contributed by atoms with Crippen molar-refractivity contribution < 1.29 is 14.7 Å². The Morgan fingerprint density at radius 1 is 1.37 bits per heavy atom. The molecule has 0 aromatic carbocycles. The largest absolute Gasteiger partial charge is 0.481 e. The minimum Gasteiger partial charge on any atom is -0.481 e. The summed E-state index contributed by atoms with van der Waals surface area (Å²) < 4.78 is 0. The van der Waals surface area contributed by atoms with Gasteiger partial charge in [0.25, 0.3) is 0 Å². The molecule has 108 valence electrons. The predicted molar refractivity (Wildman–Crippen MR) is 71.9 cm³/mol. The summed E-state index contributed by atoms with van der Waals surface area (Å²) in [6.07, 6.45) is 5.47. The highest BCUT2D eigenvalue weighted by atomic mass is 16.4. The molecular weight excluding hydrogens is 244 g/mol. The van der Waals surface area contributed by atoms with E-state index in [1.165, 1.54) is 6.42 Å². The molecule has 0 bridgehead atoms. The number of rotatable bonds is 5. The van der Waals surface area contributed by atoms with Crippen molar-refractivity contribution in [2.45, 2.75) is 51.5 Å². The van der Waals surface area contributed by atoms with E-state index in [0.717, 1.165) is 38.8 Å². The number of nitrogens with zero attached hydrogens (tertiary/aromatic N) is 1. The Morgan fingerprint density at radius 3 is 2.68 bits per heavy atom. The lowest BCUT2D eigenvalue weighted by Crippen LogP contribution is -2.49. The molecule has 2 N–H and O–H groups in total. The van der Waals surface area contributed by atoms with Crippen LogP contribution in [0.15, 0.2) is 0 Å². The summed E-state index contributed by atoms with van der Waals surface area (Å²) in [6, 6.07) is -0.261. The van der Waals surface area contributed by atoms with Gasteiger partial charge in [-0.15, -0.1) is 0 Å². The number of urea groups is 1. The fraction of sp³-hybridized carbons (Fsp3) is 0.857. The lowest BCUT2D eigenvalue weighted by atomic mass is 9.96. The highest BCUT2D eigenvalue weighted by Crippen LogP contribution is 2.34. The van der Waals surface area contributed by atoms with Gasteiger partial charge in [-0.1, -0.05) is 13.3 Å². The Bertz CT molecular complexity index is 342. The van der Waals surface area contributed by atoms with Gasteiger partial charge in [0.2, 0.25) is 0 Å². The monoisotopic (exact) mass is 268 g/mol. The molecule has 2 fully saturated rings. The number of carbonyl (C=O) groups excluding carboxylic acids is 1. The second kappa shape index (κ2) is 6.26. The molecular formula is C14H24N2O3. The number of piperidine rings is 1. The van der Waals surface area contributed by atoms with Crippen LogP contribution in [-0.2, 0) is 4.79 Å². The van der Waals surface area contributed by atoms with Crippen LogP contribution in [0.1, 0.15) is 45.4 Å². The van der Waals surface area contributed by atoms with Gasteiger partial charge >= 0.3 is 12.0 Å². The summed E-state index contributed by atoms with van der Waals surface area (Å²) in [6.45, 7) is 3.77. The second-order valence-electron chi connectivity index (χ2n) is 5.85. The first kappa shape index (κ1) is 14.2. The second-order valence-corrected chi connectivity index (χ2v) is 5.85. The first-order valence-electron chi connectivity index (χ1n) is 7.37. The van der Waals surface area contributed by atoms with Crippen molar-refractivity contribution in [3.8, 4) is 0 Å². The Balaban J connectivity index is 1.85. The molecule has 2 rings (SSSR count). The Labute approximate surface area is 114 Å². The summed E-state index contributed by atoms with van der Waals surface area (Å²) in [7, 11) is 0. The van der Waals surface area contributed by atoms with Crippen LogP contribution < -0.4 is 5.32 Å². The number of carbonyl (C=O) groups is 2.